The van der Waals surface area contributed by atoms with Gasteiger partial charge in [0.25, 0.3) is 0 Å². The van der Waals surface area contributed by atoms with Crippen LogP contribution < -0.4 is 0 Å². The molecule has 0 amide bonds. The zero-order valence-corrected chi connectivity index (χ0v) is 13.5. The molecule has 4 fully saturated rings. The average molecular weight is 329 g/mol. The molecule has 0 N–H and O–H groups in total. The molecule has 0 radical (unpaired) electrons. The van der Waals surface area contributed by atoms with Gasteiger partial charge in [-0.3, -0.25) is 4.79 Å². The first-order chi connectivity index (χ1) is 10.6. The van der Waals surface area contributed by atoms with Crippen LogP contribution >= 0.6 is 0 Å². The molecule has 3 unspecified atom stereocenters. The van der Waals surface area contributed by atoms with Crippen molar-refractivity contribution in [3.63, 3.8) is 0 Å². The average Bonchev–Trinajstić information content (AvgIpc) is 2.43. The fourth-order valence-electron chi connectivity index (χ4n) is 5.20. The molecule has 0 spiro atoms. The van der Waals surface area contributed by atoms with Gasteiger partial charge in [-0.05, 0) is 57.3 Å². The van der Waals surface area contributed by atoms with Gasteiger partial charge in [-0.15, -0.1) is 0 Å². The summed E-state index contributed by atoms with van der Waals surface area (Å²) in [5.74, 6) is -0.590. The molecule has 4 rings (SSSR count). The second-order valence-corrected chi connectivity index (χ2v) is 8.11. The van der Waals surface area contributed by atoms with E-state index in [1.807, 2.05) is 0 Å². The van der Waals surface area contributed by atoms with E-state index in [2.05, 4.69) is 6.07 Å². The van der Waals surface area contributed by atoms with Gasteiger partial charge in [0.1, 0.15) is 5.60 Å². The lowest BCUT2D eigenvalue weighted by atomic mass is 9.48. The Hall–Kier alpha value is -1.25. The van der Waals surface area contributed by atoms with Crippen molar-refractivity contribution in [3.05, 3.63) is 0 Å². The Bertz CT molecular complexity index is 551. The highest BCUT2D eigenvalue weighted by molar-refractivity contribution is 5.78. The van der Waals surface area contributed by atoms with Crippen molar-refractivity contribution in [2.45, 2.75) is 70.6 Å². The Morgan fingerprint density at radius 2 is 1.83 bits per heavy atom. The quantitative estimate of drug-likeness (QED) is 0.722. The second-order valence-electron chi connectivity index (χ2n) is 8.11. The molecule has 4 bridgehead atoms. The highest BCUT2D eigenvalue weighted by atomic mass is 19.4. The highest BCUT2D eigenvalue weighted by Gasteiger charge is 2.63. The number of carbonyl (C=O) groups is 1. The lowest BCUT2D eigenvalue weighted by molar-refractivity contribution is -0.249. The minimum Gasteiger partial charge on any atom is -0.458 e. The molecule has 0 aromatic heterocycles. The summed E-state index contributed by atoms with van der Waals surface area (Å²) in [7, 11) is 0. The van der Waals surface area contributed by atoms with Crippen molar-refractivity contribution in [3.8, 4) is 6.07 Å². The Labute approximate surface area is 134 Å². The van der Waals surface area contributed by atoms with Crippen LogP contribution in [0, 0.1) is 34.0 Å². The van der Waals surface area contributed by atoms with Crippen LogP contribution in [0.25, 0.3) is 0 Å². The summed E-state index contributed by atoms with van der Waals surface area (Å²) in [5, 5.41) is 9.54. The Morgan fingerprint density at radius 1 is 1.26 bits per heavy atom. The number of hydrogen-bond acceptors (Lipinski definition) is 3. The molecule has 0 aromatic carbocycles. The highest BCUT2D eigenvalue weighted by Crippen LogP contribution is 2.63. The number of nitriles is 1. The number of carbonyl (C=O) groups excluding carboxylic acids is 1. The maximum absolute atomic E-state index is 13.3. The molecule has 4 aliphatic rings. The summed E-state index contributed by atoms with van der Waals surface area (Å²) in [6.45, 7) is 2.26. The molecule has 0 saturated heterocycles. The van der Waals surface area contributed by atoms with E-state index in [1.54, 1.807) is 0 Å². The van der Waals surface area contributed by atoms with Crippen molar-refractivity contribution in [1.29, 1.82) is 5.26 Å². The van der Waals surface area contributed by atoms with Crippen molar-refractivity contribution in [1.82, 2.24) is 0 Å². The van der Waals surface area contributed by atoms with Crippen molar-refractivity contribution in [2.24, 2.45) is 22.7 Å². The minimum absolute atomic E-state index is 0.294. The number of rotatable bonds is 3. The van der Waals surface area contributed by atoms with Gasteiger partial charge in [0.2, 0.25) is 0 Å². The monoisotopic (exact) mass is 329 g/mol. The van der Waals surface area contributed by atoms with Crippen LogP contribution in [-0.2, 0) is 9.53 Å². The lowest BCUT2D eigenvalue weighted by Crippen LogP contribution is -2.58. The van der Waals surface area contributed by atoms with Gasteiger partial charge in [-0.1, -0.05) is 6.92 Å². The predicted molar refractivity (Wildman–Crippen MR) is 76.0 cm³/mol. The topological polar surface area (TPSA) is 50.1 Å². The number of esters is 1. The van der Waals surface area contributed by atoms with E-state index < -0.39 is 28.6 Å². The maximum atomic E-state index is 13.3. The van der Waals surface area contributed by atoms with Crippen LogP contribution in [0.4, 0.5) is 13.2 Å². The van der Waals surface area contributed by atoms with E-state index in [0.717, 1.165) is 26.2 Å². The van der Waals surface area contributed by atoms with Gasteiger partial charge in [0.05, 0.1) is 11.5 Å². The van der Waals surface area contributed by atoms with E-state index in [9.17, 15) is 23.2 Å². The third kappa shape index (κ3) is 2.43. The first kappa shape index (κ1) is 16.6. The third-order valence-electron chi connectivity index (χ3n) is 6.34. The summed E-state index contributed by atoms with van der Waals surface area (Å²) in [6.07, 6.45) is -0.768. The summed E-state index contributed by atoms with van der Waals surface area (Å²) >= 11 is 0. The van der Waals surface area contributed by atoms with Gasteiger partial charge >= 0.3 is 12.1 Å². The third-order valence-corrected chi connectivity index (χ3v) is 6.34. The first-order valence-corrected chi connectivity index (χ1v) is 8.28. The largest absolute Gasteiger partial charge is 0.458 e. The molecule has 3 nitrogen and oxygen atoms in total. The minimum atomic E-state index is -4.63. The molecule has 0 aromatic rings. The van der Waals surface area contributed by atoms with Crippen molar-refractivity contribution < 1.29 is 22.7 Å². The number of ether oxygens (including phenoxy) is 1. The Morgan fingerprint density at radius 3 is 2.26 bits per heavy atom. The van der Waals surface area contributed by atoms with Gasteiger partial charge in [0.15, 0.2) is 5.41 Å². The molecule has 128 valence electrons. The fourth-order valence-corrected chi connectivity index (χ4v) is 5.20. The van der Waals surface area contributed by atoms with E-state index >= 15 is 0 Å². The zero-order valence-electron chi connectivity index (χ0n) is 13.5. The van der Waals surface area contributed by atoms with Crippen LogP contribution in [0.3, 0.4) is 0 Å². The number of alkyl halides is 3. The second kappa shape index (κ2) is 4.87. The van der Waals surface area contributed by atoms with E-state index in [0.29, 0.717) is 31.1 Å². The molecular weight excluding hydrogens is 307 g/mol. The number of halogens is 3. The van der Waals surface area contributed by atoms with Gasteiger partial charge in [0, 0.05) is 6.42 Å². The summed E-state index contributed by atoms with van der Waals surface area (Å²) < 4.78 is 45.5. The van der Waals surface area contributed by atoms with Crippen LogP contribution in [0.15, 0.2) is 0 Å². The van der Waals surface area contributed by atoms with E-state index in [4.69, 9.17) is 4.74 Å². The summed E-state index contributed by atoms with van der Waals surface area (Å²) in [4.78, 5) is 12.4. The van der Waals surface area contributed by atoms with Crippen LogP contribution in [0.1, 0.15) is 58.8 Å². The van der Waals surface area contributed by atoms with Crippen molar-refractivity contribution in [2.75, 3.05) is 0 Å². The molecular formula is C17H22F3NO2. The maximum Gasteiger partial charge on any atom is 0.404 e. The van der Waals surface area contributed by atoms with E-state index in [-0.39, 0.29) is 6.42 Å². The van der Waals surface area contributed by atoms with Gasteiger partial charge in [-0.2, -0.15) is 18.4 Å². The normalized spacial score (nSPS) is 41.2. The fraction of sp³-hybridized carbons (Fsp3) is 0.882. The predicted octanol–water partition coefficient (Wildman–Crippen LogP) is 4.37. The lowest BCUT2D eigenvalue weighted by Gasteiger charge is -2.59. The van der Waals surface area contributed by atoms with Crippen LogP contribution in [-0.4, -0.2) is 17.7 Å². The van der Waals surface area contributed by atoms with Gasteiger partial charge < -0.3 is 4.74 Å². The van der Waals surface area contributed by atoms with Gasteiger partial charge in [-0.25, -0.2) is 0 Å². The van der Waals surface area contributed by atoms with Crippen LogP contribution in [0.2, 0.25) is 0 Å². The molecule has 6 heteroatoms. The molecule has 3 atom stereocenters. The smallest absolute Gasteiger partial charge is 0.404 e. The standard InChI is InChI=1S/C17H22F3NO2/c1-3-14(2,17(18,19)20)13(22)23-16-7-11-4-12(8-16)6-15(5-11,9-16)10-21/h11-12H,3-9H2,1-2H3. The summed E-state index contributed by atoms with van der Waals surface area (Å²) in [5.41, 5.74) is -3.85. The molecule has 4 aliphatic carbocycles. The molecule has 4 saturated carbocycles. The SMILES string of the molecule is CCC(C)(C(=O)OC12CC3CC(CC(C#N)(C3)C1)C2)C(F)(F)F. The number of hydrogen-bond donors (Lipinski definition) is 0. The van der Waals surface area contributed by atoms with Crippen molar-refractivity contribution >= 4 is 5.97 Å². The molecule has 23 heavy (non-hydrogen) atoms. The first-order valence-electron chi connectivity index (χ1n) is 8.28. The molecule has 0 heterocycles. The Balaban J connectivity index is 1.85. The Kier molecular flexibility index (Phi) is 3.52. The molecule has 0 aliphatic heterocycles. The zero-order chi connectivity index (χ0) is 17.1. The van der Waals surface area contributed by atoms with E-state index in [1.165, 1.54) is 6.92 Å². The number of nitrogens with zero attached hydrogens (tertiary/aromatic N) is 1. The summed E-state index contributed by atoms with van der Waals surface area (Å²) in [6, 6.07) is 2.38. The van der Waals surface area contributed by atoms with Crippen LogP contribution in [0.5, 0.6) is 0 Å².